The Balaban J connectivity index is 2.95. The number of hydrogen-bond donors (Lipinski definition) is 0. The van der Waals surface area contributed by atoms with Crippen LogP contribution < -0.4 is 0 Å². The van der Waals surface area contributed by atoms with Gasteiger partial charge in [0.15, 0.2) is 0 Å². The van der Waals surface area contributed by atoms with Crippen LogP contribution in [0, 0.1) is 6.92 Å². The van der Waals surface area contributed by atoms with Crippen molar-refractivity contribution in [3.8, 4) is 0 Å². The highest BCUT2D eigenvalue weighted by molar-refractivity contribution is 5.69. The molecule has 12 heavy (non-hydrogen) atoms. The van der Waals surface area contributed by atoms with E-state index in [0.29, 0.717) is 19.8 Å². The highest BCUT2D eigenvalue weighted by Gasteiger charge is 1.96. The SMILES string of the molecule is [CH2]CC(=O)OCCOCCOC. The van der Waals surface area contributed by atoms with Crippen LogP contribution in [0.5, 0.6) is 0 Å². The Hall–Kier alpha value is -0.610. The van der Waals surface area contributed by atoms with Crippen LogP contribution in [0.4, 0.5) is 0 Å². The van der Waals surface area contributed by atoms with Gasteiger partial charge in [-0.2, -0.15) is 0 Å². The third kappa shape index (κ3) is 7.50. The maximum Gasteiger partial charge on any atom is 0.305 e. The van der Waals surface area contributed by atoms with Gasteiger partial charge in [0.1, 0.15) is 6.61 Å². The summed E-state index contributed by atoms with van der Waals surface area (Å²) >= 11 is 0. The monoisotopic (exact) mass is 175 g/mol. The smallest absolute Gasteiger partial charge is 0.305 e. The lowest BCUT2D eigenvalue weighted by Gasteiger charge is -2.03. The van der Waals surface area contributed by atoms with Crippen molar-refractivity contribution in [2.45, 2.75) is 6.42 Å². The third-order valence-electron chi connectivity index (χ3n) is 1.13. The lowest BCUT2D eigenvalue weighted by Crippen LogP contribution is -2.11. The zero-order chi connectivity index (χ0) is 9.23. The largest absolute Gasteiger partial charge is 0.463 e. The molecule has 0 aliphatic carbocycles. The van der Waals surface area contributed by atoms with Crippen molar-refractivity contribution in [1.29, 1.82) is 0 Å². The summed E-state index contributed by atoms with van der Waals surface area (Å²) in [5.41, 5.74) is 0. The van der Waals surface area contributed by atoms with Crippen LogP contribution in [-0.4, -0.2) is 39.5 Å². The summed E-state index contributed by atoms with van der Waals surface area (Å²) in [5.74, 6) is -0.301. The summed E-state index contributed by atoms with van der Waals surface area (Å²) in [4.78, 5) is 10.5. The lowest BCUT2D eigenvalue weighted by atomic mass is 10.5. The molecule has 0 aliphatic rings. The molecule has 0 bridgehead atoms. The molecule has 0 saturated carbocycles. The number of carbonyl (C=O) groups excluding carboxylic acids is 1. The van der Waals surface area contributed by atoms with Gasteiger partial charge in [-0.1, -0.05) is 0 Å². The molecule has 0 aromatic heterocycles. The molecule has 4 heteroatoms. The van der Waals surface area contributed by atoms with Crippen molar-refractivity contribution in [2.75, 3.05) is 33.5 Å². The predicted octanol–water partition coefficient (Wildman–Crippen LogP) is 0.417. The van der Waals surface area contributed by atoms with Crippen molar-refractivity contribution in [2.24, 2.45) is 0 Å². The third-order valence-corrected chi connectivity index (χ3v) is 1.13. The van der Waals surface area contributed by atoms with Gasteiger partial charge >= 0.3 is 5.97 Å². The Kier molecular flexibility index (Phi) is 8.05. The first-order valence-electron chi connectivity index (χ1n) is 3.82. The summed E-state index contributed by atoms with van der Waals surface area (Å²) in [6, 6.07) is 0. The van der Waals surface area contributed by atoms with Crippen molar-refractivity contribution in [1.82, 2.24) is 0 Å². The number of esters is 1. The molecule has 0 aromatic rings. The van der Waals surface area contributed by atoms with E-state index in [2.05, 4.69) is 6.92 Å². The molecule has 0 heterocycles. The van der Waals surface area contributed by atoms with E-state index in [1.807, 2.05) is 0 Å². The first-order valence-corrected chi connectivity index (χ1v) is 3.82. The van der Waals surface area contributed by atoms with E-state index in [4.69, 9.17) is 14.2 Å². The second-order valence-corrected chi connectivity index (χ2v) is 2.08. The van der Waals surface area contributed by atoms with Crippen LogP contribution in [-0.2, 0) is 19.0 Å². The van der Waals surface area contributed by atoms with E-state index in [9.17, 15) is 4.79 Å². The molecule has 0 saturated heterocycles. The Labute approximate surface area is 72.8 Å². The molecule has 0 unspecified atom stereocenters. The van der Waals surface area contributed by atoms with Crippen LogP contribution in [0.3, 0.4) is 0 Å². The summed E-state index contributed by atoms with van der Waals surface area (Å²) in [7, 11) is 1.60. The summed E-state index contributed by atoms with van der Waals surface area (Å²) in [5, 5.41) is 0. The van der Waals surface area contributed by atoms with E-state index < -0.39 is 0 Å². The summed E-state index contributed by atoms with van der Waals surface area (Å²) < 4.78 is 14.5. The molecule has 0 aliphatic heterocycles. The van der Waals surface area contributed by atoms with Crippen LogP contribution in [0.1, 0.15) is 6.42 Å². The Bertz CT molecular complexity index is 114. The summed E-state index contributed by atoms with van der Waals surface area (Å²) in [6.07, 6.45) is 0.165. The first kappa shape index (κ1) is 11.4. The van der Waals surface area contributed by atoms with Gasteiger partial charge in [-0.05, 0) is 6.92 Å². The number of rotatable bonds is 7. The fraction of sp³-hybridized carbons (Fsp3) is 0.750. The maximum atomic E-state index is 10.5. The topological polar surface area (TPSA) is 44.8 Å². The minimum atomic E-state index is -0.301. The normalized spacial score (nSPS) is 9.83. The van der Waals surface area contributed by atoms with Gasteiger partial charge in [0, 0.05) is 13.5 Å². The van der Waals surface area contributed by atoms with Crippen LogP contribution >= 0.6 is 0 Å². The van der Waals surface area contributed by atoms with Gasteiger partial charge in [0.25, 0.3) is 0 Å². The van der Waals surface area contributed by atoms with Crippen molar-refractivity contribution >= 4 is 5.97 Å². The molecule has 0 rings (SSSR count). The average molecular weight is 175 g/mol. The lowest BCUT2D eigenvalue weighted by molar-refractivity contribution is -0.144. The van der Waals surface area contributed by atoms with E-state index in [1.54, 1.807) is 7.11 Å². The molecule has 0 N–H and O–H groups in total. The molecule has 71 valence electrons. The van der Waals surface area contributed by atoms with Crippen molar-refractivity contribution in [3.05, 3.63) is 6.92 Å². The van der Waals surface area contributed by atoms with Gasteiger partial charge in [-0.15, -0.1) is 0 Å². The molecule has 0 fully saturated rings. The second-order valence-electron chi connectivity index (χ2n) is 2.08. The summed E-state index contributed by atoms with van der Waals surface area (Å²) in [6.45, 7) is 5.17. The molecule has 1 radical (unpaired) electrons. The molecule has 0 aromatic carbocycles. The van der Waals surface area contributed by atoms with Crippen molar-refractivity contribution in [3.63, 3.8) is 0 Å². The number of methoxy groups -OCH3 is 1. The van der Waals surface area contributed by atoms with Gasteiger partial charge in [0.2, 0.25) is 0 Å². The highest BCUT2D eigenvalue weighted by atomic mass is 16.6. The maximum absolute atomic E-state index is 10.5. The number of carbonyl (C=O) groups is 1. The predicted molar refractivity (Wildman–Crippen MR) is 43.6 cm³/mol. The minimum absolute atomic E-state index is 0.165. The second kappa shape index (κ2) is 8.49. The zero-order valence-corrected chi connectivity index (χ0v) is 7.38. The number of hydrogen-bond acceptors (Lipinski definition) is 4. The molecular weight excluding hydrogens is 160 g/mol. The molecule has 4 nitrogen and oxygen atoms in total. The standard InChI is InChI=1S/C8H15O4/c1-3-8(9)12-7-6-11-5-4-10-2/h1,3-7H2,2H3. The zero-order valence-electron chi connectivity index (χ0n) is 7.38. The molecule has 0 spiro atoms. The van der Waals surface area contributed by atoms with Gasteiger partial charge < -0.3 is 14.2 Å². The van der Waals surface area contributed by atoms with E-state index >= 15 is 0 Å². The quantitative estimate of drug-likeness (QED) is 0.415. The molecule has 0 amide bonds. The highest BCUT2D eigenvalue weighted by Crippen LogP contribution is 1.84. The van der Waals surface area contributed by atoms with E-state index in [0.717, 1.165) is 0 Å². The van der Waals surface area contributed by atoms with Crippen LogP contribution in [0.25, 0.3) is 0 Å². The Morgan fingerprint density at radius 3 is 2.50 bits per heavy atom. The van der Waals surface area contributed by atoms with Crippen LogP contribution in [0.2, 0.25) is 0 Å². The van der Waals surface area contributed by atoms with Gasteiger partial charge in [-0.3, -0.25) is 4.79 Å². The van der Waals surface area contributed by atoms with E-state index in [1.165, 1.54) is 0 Å². The van der Waals surface area contributed by atoms with Crippen LogP contribution in [0.15, 0.2) is 0 Å². The minimum Gasteiger partial charge on any atom is -0.463 e. The fourth-order valence-corrected chi connectivity index (χ4v) is 0.531. The van der Waals surface area contributed by atoms with E-state index in [-0.39, 0.29) is 19.0 Å². The van der Waals surface area contributed by atoms with Gasteiger partial charge in [0.05, 0.1) is 19.8 Å². The Morgan fingerprint density at radius 1 is 1.25 bits per heavy atom. The molecular formula is C8H15O4. The fourth-order valence-electron chi connectivity index (χ4n) is 0.531. The van der Waals surface area contributed by atoms with Crippen molar-refractivity contribution < 1.29 is 19.0 Å². The van der Waals surface area contributed by atoms with Gasteiger partial charge in [-0.25, -0.2) is 0 Å². The Morgan fingerprint density at radius 2 is 1.92 bits per heavy atom. The molecule has 0 atom stereocenters. The average Bonchev–Trinajstić information content (AvgIpc) is 2.10. The first-order chi connectivity index (χ1) is 5.81. The number of ether oxygens (including phenoxy) is 3.